The minimum absolute atomic E-state index is 0.208. The molecule has 0 bridgehead atoms. The molecule has 10 heavy (non-hydrogen) atoms. The average molecular weight is 139 g/mol. The molecule has 2 heteroatoms. The van der Waals surface area contributed by atoms with E-state index in [0.29, 0.717) is 0 Å². The number of hydrogen-bond donors (Lipinski definition) is 0. The first kappa shape index (κ1) is 7.19. The first-order valence-electron chi connectivity index (χ1n) is 3.20. The standard InChI is InChI=1S/C8H10FN/c1-8(2)4-3-5-10-7(9)6-8/h3-6H,1-2H3. The van der Waals surface area contributed by atoms with Gasteiger partial charge in [-0.1, -0.05) is 19.9 Å². The van der Waals surface area contributed by atoms with E-state index in [1.807, 2.05) is 19.9 Å². The zero-order valence-electron chi connectivity index (χ0n) is 6.13. The van der Waals surface area contributed by atoms with Gasteiger partial charge in [-0.15, -0.1) is 0 Å². The van der Waals surface area contributed by atoms with Crippen LogP contribution in [0.5, 0.6) is 0 Å². The van der Waals surface area contributed by atoms with Gasteiger partial charge in [-0.25, -0.2) is 4.99 Å². The molecule has 0 N–H and O–H groups in total. The lowest BCUT2D eigenvalue weighted by Crippen LogP contribution is -2.01. The lowest BCUT2D eigenvalue weighted by molar-refractivity contribution is 0.563. The molecule has 0 aromatic carbocycles. The first-order chi connectivity index (χ1) is 4.60. The summed E-state index contributed by atoms with van der Waals surface area (Å²) in [6.45, 7) is 3.86. The maximum Gasteiger partial charge on any atom is 0.209 e. The molecule has 0 saturated heterocycles. The zero-order chi connectivity index (χ0) is 7.61. The van der Waals surface area contributed by atoms with Crippen LogP contribution in [0.3, 0.4) is 0 Å². The van der Waals surface area contributed by atoms with Crippen molar-refractivity contribution in [1.29, 1.82) is 0 Å². The fraction of sp³-hybridized carbons (Fsp3) is 0.375. The van der Waals surface area contributed by atoms with Crippen LogP contribution in [-0.4, -0.2) is 6.21 Å². The lowest BCUT2D eigenvalue weighted by Gasteiger charge is -2.11. The van der Waals surface area contributed by atoms with Gasteiger partial charge < -0.3 is 0 Å². The summed E-state index contributed by atoms with van der Waals surface area (Å²) in [5.41, 5.74) is -0.208. The van der Waals surface area contributed by atoms with Crippen LogP contribution in [0.2, 0.25) is 0 Å². The Kier molecular flexibility index (Phi) is 1.70. The second kappa shape index (κ2) is 2.37. The normalized spacial score (nSPS) is 22.1. The number of aliphatic imine (C=N–C) groups is 1. The van der Waals surface area contributed by atoms with Crippen LogP contribution < -0.4 is 0 Å². The summed E-state index contributed by atoms with van der Waals surface area (Å²) in [5.74, 6) is -0.407. The van der Waals surface area contributed by atoms with E-state index in [-0.39, 0.29) is 5.41 Å². The minimum atomic E-state index is -0.407. The molecule has 0 fully saturated rings. The molecule has 0 aliphatic carbocycles. The van der Waals surface area contributed by atoms with Crippen molar-refractivity contribution in [2.45, 2.75) is 13.8 Å². The highest BCUT2D eigenvalue weighted by atomic mass is 19.1. The minimum Gasteiger partial charge on any atom is -0.229 e. The van der Waals surface area contributed by atoms with Crippen LogP contribution in [0, 0.1) is 5.41 Å². The summed E-state index contributed by atoms with van der Waals surface area (Å²) in [4.78, 5) is 3.50. The molecule has 0 spiro atoms. The van der Waals surface area contributed by atoms with Gasteiger partial charge in [0.05, 0.1) is 0 Å². The van der Waals surface area contributed by atoms with Crippen molar-refractivity contribution in [3.8, 4) is 0 Å². The van der Waals surface area contributed by atoms with Crippen molar-refractivity contribution < 1.29 is 4.39 Å². The van der Waals surface area contributed by atoms with Crippen LogP contribution in [0.1, 0.15) is 13.8 Å². The largest absolute Gasteiger partial charge is 0.229 e. The number of nitrogens with zero attached hydrogens (tertiary/aromatic N) is 1. The van der Waals surface area contributed by atoms with Gasteiger partial charge in [0.15, 0.2) is 0 Å². The Morgan fingerprint density at radius 1 is 1.50 bits per heavy atom. The number of halogens is 1. The number of rotatable bonds is 0. The predicted octanol–water partition coefficient (Wildman–Crippen LogP) is 2.46. The van der Waals surface area contributed by atoms with Gasteiger partial charge in [0, 0.05) is 11.6 Å². The van der Waals surface area contributed by atoms with Gasteiger partial charge >= 0.3 is 0 Å². The molecular formula is C8H10FN. The van der Waals surface area contributed by atoms with Gasteiger partial charge in [-0.05, 0) is 12.2 Å². The van der Waals surface area contributed by atoms with E-state index < -0.39 is 5.95 Å². The molecular weight excluding hydrogens is 129 g/mol. The lowest BCUT2D eigenvalue weighted by atomic mass is 9.93. The number of hydrogen-bond acceptors (Lipinski definition) is 1. The molecule has 1 aliphatic heterocycles. The molecule has 1 aliphatic rings. The Morgan fingerprint density at radius 3 is 2.90 bits per heavy atom. The van der Waals surface area contributed by atoms with Crippen molar-refractivity contribution in [3.05, 3.63) is 24.2 Å². The van der Waals surface area contributed by atoms with Crippen LogP contribution in [0.25, 0.3) is 0 Å². The summed E-state index contributed by atoms with van der Waals surface area (Å²) in [6, 6.07) is 0. The van der Waals surface area contributed by atoms with Gasteiger partial charge in [0.25, 0.3) is 0 Å². The fourth-order valence-electron chi connectivity index (χ4n) is 0.798. The van der Waals surface area contributed by atoms with E-state index in [2.05, 4.69) is 4.99 Å². The third-order valence-corrected chi connectivity index (χ3v) is 1.30. The van der Waals surface area contributed by atoms with Gasteiger partial charge in [0.2, 0.25) is 5.95 Å². The summed E-state index contributed by atoms with van der Waals surface area (Å²) >= 11 is 0. The summed E-state index contributed by atoms with van der Waals surface area (Å²) in [7, 11) is 0. The maximum atomic E-state index is 12.6. The van der Waals surface area contributed by atoms with E-state index >= 15 is 0 Å². The molecule has 54 valence electrons. The third kappa shape index (κ3) is 1.79. The van der Waals surface area contributed by atoms with Crippen LogP contribution in [0.4, 0.5) is 4.39 Å². The van der Waals surface area contributed by atoms with Crippen molar-refractivity contribution in [1.82, 2.24) is 0 Å². The van der Waals surface area contributed by atoms with Gasteiger partial charge in [-0.2, -0.15) is 4.39 Å². The van der Waals surface area contributed by atoms with Crippen molar-refractivity contribution in [3.63, 3.8) is 0 Å². The van der Waals surface area contributed by atoms with Crippen LogP contribution in [0.15, 0.2) is 29.2 Å². The van der Waals surface area contributed by atoms with Crippen molar-refractivity contribution in [2.75, 3.05) is 0 Å². The molecule has 0 aromatic rings. The molecule has 0 amide bonds. The van der Waals surface area contributed by atoms with E-state index in [4.69, 9.17) is 0 Å². The summed E-state index contributed by atoms with van der Waals surface area (Å²) in [5, 5.41) is 0. The summed E-state index contributed by atoms with van der Waals surface area (Å²) in [6.07, 6.45) is 6.61. The van der Waals surface area contributed by atoms with E-state index in [1.165, 1.54) is 12.3 Å². The molecule has 1 rings (SSSR count). The molecule has 0 atom stereocenters. The monoisotopic (exact) mass is 139 g/mol. The zero-order valence-corrected chi connectivity index (χ0v) is 6.13. The SMILES string of the molecule is CC1(C)C=CC=NC(F)=C1. The van der Waals surface area contributed by atoms with E-state index in [9.17, 15) is 4.39 Å². The van der Waals surface area contributed by atoms with Crippen LogP contribution in [-0.2, 0) is 0 Å². The highest BCUT2D eigenvalue weighted by Crippen LogP contribution is 2.23. The molecule has 1 nitrogen and oxygen atoms in total. The first-order valence-corrected chi connectivity index (χ1v) is 3.20. The second-order valence-electron chi connectivity index (χ2n) is 2.93. The smallest absolute Gasteiger partial charge is 0.209 e. The fourth-order valence-corrected chi connectivity index (χ4v) is 0.798. The highest BCUT2D eigenvalue weighted by Gasteiger charge is 2.12. The Morgan fingerprint density at radius 2 is 2.20 bits per heavy atom. The third-order valence-electron chi connectivity index (χ3n) is 1.30. The van der Waals surface area contributed by atoms with E-state index in [1.54, 1.807) is 6.08 Å². The quantitative estimate of drug-likeness (QED) is 0.457. The molecule has 1 heterocycles. The van der Waals surface area contributed by atoms with Gasteiger partial charge in [0.1, 0.15) is 0 Å². The van der Waals surface area contributed by atoms with Crippen molar-refractivity contribution >= 4 is 6.21 Å². The Balaban J connectivity index is 2.93. The summed E-state index contributed by atoms with van der Waals surface area (Å²) < 4.78 is 12.6. The molecule has 0 aromatic heterocycles. The average Bonchev–Trinajstić information content (AvgIpc) is 1.90. The maximum absolute atomic E-state index is 12.6. The molecule has 0 radical (unpaired) electrons. The second-order valence-corrected chi connectivity index (χ2v) is 2.93. The topological polar surface area (TPSA) is 12.4 Å². The highest BCUT2D eigenvalue weighted by molar-refractivity contribution is 5.72. The Bertz CT molecular complexity index is 211. The van der Waals surface area contributed by atoms with Crippen LogP contribution >= 0.6 is 0 Å². The Labute approximate surface area is 60.0 Å². The number of allylic oxidation sites excluding steroid dienone is 3. The molecule has 0 unspecified atom stereocenters. The van der Waals surface area contributed by atoms with Gasteiger partial charge in [-0.3, -0.25) is 0 Å². The van der Waals surface area contributed by atoms with Crippen molar-refractivity contribution in [2.24, 2.45) is 10.4 Å². The van der Waals surface area contributed by atoms with E-state index in [0.717, 1.165) is 0 Å². The Hall–Kier alpha value is -0.920. The predicted molar refractivity (Wildman–Crippen MR) is 40.6 cm³/mol. The molecule has 0 saturated carbocycles.